The van der Waals surface area contributed by atoms with Crippen molar-refractivity contribution in [2.75, 3.05) is 0 Å². The van der Waals surface area contributed by atoms with Crippen LogP contribution in [0.3, 0.4) is 0 Å². The van der Waals surface area contributed by atoms with Gasteiger partial charge in [-0.25, -0.2) is 8.78 Å². The van der Waals surface area contributed by atoms with Crippen LogP contribution in [-0.2, 0) is 0 Å². The van der Waals surface area contributed by atoms with E-state index in [-0.39, 0.29) is 17.7 Å². The maximum atomic E-state index is 14.4. The minimum absolute atomic E-state index is 0.0260. The first-order chi connectivity index (χ1) is 17.8. The van der Waals surface area contributed by atoms with Crippen LogP contribution in [-0.4, -0.2) is 31.0 Å². The highest BCUT2D eigenvalue weighted by molar-refractivity contribution is 6.02. The molecule has 1 aliphatic carbocycles. The van der Waals surface area contributed by atoms with Gasteiger partial charge in [0.05, 0.1) is 23.3 Å². The second-order valence-electron chi connectivity index (χ2n) is 11.8. The number of nitrogens with zero attached hydrogens (tertiary/aromatic N) is 4. The Morgan fingerprint density at radius 3 is 2.39 bits per heavy atom. The molecule has 0 aliphatic heterocycles. The molecule has 5 rings (SSSR count). The van der Waals surface area contributed by atoms with Crippen molar-refractivity contribution in [1.82, 2.24) is 14.3 Å². The smallest absolute Gasteiger partial charge is 0.252 e. The normalized spacial score (nSPS) is 20.4. The van der Waals surface area contributed by atoms with Crippen molar-refractivity contribution in [3.8, 4) is 11.8 Å². The molecule has 0 unspecified atom stereocenters. The van der Waals surface area contributed by atoms with Crippen LogP contribution in [0.1, 0.15) is 88.2 Å². The lowest BCUT2D eigenvalue weighted by Gasteiger charge is -2.32. The van der Waals surface area contributed by atoms with Gasteiger partial charge in [0.2, 0.25) is 0 Å². The molecule has 2 aromatic heterocycles. The molecule has 38 heavy (non-hydrogen) atoms. The number of aliphatic hydroxyl groups is 1. The summed E-state index contributed by atoms with van der Waals surface area (Å²) in [6.07, 6.45) is 3.58. The molecule has 2 heterocycles. The van der Waals surface area contributed by atoms with Crippen LogP contribution in [0.2, 0.25) is 0 Å². The van der Waals surface area contributed by atoms with Crippen molar-refractivity contribution in [3.63, 3.8) is 0 Å². The van der Waals surface area contributed by atoms with Crippen LogP contribution in [0.25, 0.3) is 27.5 Å². The average molecular weight is 519 g/mol. The Labute approximate surface area is 220 Å². The van der Waals surface area contributed by atoms with Gasteiger partial charge in [-0.15, -0.1) is 0 Å². The van der Waals surface area contributed by atoms with Crippen LogP contribution in [0.15, 0.2) is 36.5 Å². The van der Waals surface area contributed by atoms with Gasteiger partial charge in [-0.3, -0.25) is 4.79 Å². The summed E-state index contributed by atoms with van der Waals surface area (Å²) >= 11 is 0. The Morgan fingerprint density at radius 2 is 1.82 bits per heavy atom. The lowest BCUT2D eigenvalue weighted by atomic mass is 9.75. The fraction of sp³-hybridized carbons (Fsp3) is 0.433. The molecule has 0 spiro atoms. The fourth-order valence-electron chi connectivity index (χ4n) is 5.73. The second kappa shape index (κ2) is 9.02. The van der Waals surface area contributed by atoms with E-state index < -0.39 is 22.7 Å². The summed E-state index contributed by atoms with van der Waals surface area (Å²) < 4.78 is 31.8. The minimum atomic E-state index is -1.34. The van der Waals surface area contributed by atoms with E-state index in [4.69, 9.17) is 0 Å². The van der Waals surface area contributed by atoms with Crippen molar-refractivity contribution in [2.24, 2.45) is 5.41 Å². The molecular formula is C30H32F2N4O2. The first-order valence-corrected chi connectivity index (χ1v) is 13.0. The van der Waals surface area contributed by atoms with Gasteiger partial charge in [-0.05, 0) is 67.3 Å². The van der Waals surface area contributed by atoms with Crippen molar-refractivity contribution in [3.05, 3.63) is 59.4 Å². The zero-order chi connectivity index (χ0) is 27.6. The van der Waals surface area contributed by atoms with Crippen molar-refractivity contribution in [1.29, 1.82) is 5.26 Å². The van der Waals surface area contributed by atoms with E-state index >= 15 is 0 Å². The van der Waals surface area contributed by atoms with E-state index in [9.17, 15) is 23.9 Å². The average Bonchev–Trinajstić information content (AvgIpc) is 3.42. The number of rotatable bonds is 3. The van der Waals surface area contributed by atoms with Gasteiger partial charge in [-0.2, -0.15) is 15.0 Å². The van der Waals surface area contributed by atoms with Gasteiger partial charge in [0.25, 0.3) is 5.91 Å². The predicted molar refractivity (Wildman–Crippen MR) is 142 cm³/mol. The van der Waals surface area contributed by atoms with Crippen LogP contribution in [0.5, 0.6) is 0 Å². The van der Waals surface area contributed by atoms with E-state index in [1.807, 2.05) is 43.5 Å². The Balaban J connectivity index is 1.83. The molecule has 1 aliphatic rings. The first kappa shape index (κ1) is 26.1. The Kier molecular flexibility index (Phi) is 6.18. The molecule has 0 saturated heterocycles. The van der Waals surface area contributed by atoms with Crippen LogP contribution in [0.4, 0.5) is 8.78 Å². The Hall–Kier alpha value is -3.57. The van der Waals surface area contributed by atoms with Crippen LogP contribution < -0.4 is 0 Å². The lowest BCUT2D eigenvalue weighted by Crippen LogP contribution is -2.31. The van der Waals surface area contributed by atoms with Crippen molar-refractivity contribution < 1.29 is 18.7 Å². The molecular weight excluding hydrogens is 486 g/mol. The van der Waals surface area contributed by atoms with Crippen LogP contribution in [0, 0.1) is 28.4 Å². The number of nitriles is 1. The Bertz CT molecular complexity index is 1610. The maximum absolute atomic E-state index is 14.4. The molecule has 0 radical (unpaired) electrons. The highest BCUT2D eigenvalue weighted by Gasteiger charge is 2.37. The lowest BCUT2D eigenvalue weighted by molar-refractivity contribution is 0.0528. The zero-order valence-electron chi connectivity index (χ0n) is 22.3. The third-order valence-corrected chi connectivity index (χ3v) is 7.70. The molecule has 1 N–H and O–H groups in total. The summed E-state index contributed by atoms with van der Waals surface area (Å²) in [6.45, 7) is 9.67. The summed E-state index contributed by atoms with van der Waals surface area (Å²) in [7, 11) is 0. The standard InChI is InChI=1S/C30H32F2N4O2/c1-17(2)27-26(18-8-10-30(38,16-33)11-9-18)21-14-24-19(15-34-36(24)28(37)29(3,4)5)12-25(21)35(27)20-6-7-22(31)23(32)13-20/h6-7,12-15,17-18,38H,8-11H2,1-5H3. The molecule has 1 fully saturated rings. The largest absolute Gasteiger partial charge is 0.375 e. The van der Waals surface area contributed by atoms with Gasteiger partial charge in [-0.1, -0.05) is 34.6 Å². The number of aromatic nitrogens is 3. The summed E-state index contributed by atoms with van der Waals surface area (Å²) in [5.74, 6) is -1.90. The molecule has 2 aromatic carbocycles. The molecule has 8 heteroatoms. The van der Waals surface area contributed by atoms with Crippen molar-refractivity contribution in [2.45, 2.75) is 77.7 Å². The van der Waals surface area contributed by atoms with Crippen molar-refractivity contribution >= 4 is 27.7 Å². The van der Waals surface area contributed by atoms with Gasteiger partial charge >= 0.3 is 0 Å². The molecule has 0 bridgehead atoms. The number of fused-ring (bicyclic) bond motifs is 2. The van der Waals surface area contributed by atoms with E-state index in [2.05, 4.69) is 18.9 Å². The van der Waals surface area contributed by atoms with Gasteiger partial charge in [0, 0.05) is 33.6 Å². The summed E-state index contributed by atoms with van der Waals surface area (Å²) in [5.41, 5.74) is 2.04. The molecule has 4 aromatic rings. The highest BCUT2D eigenvalue weighted by atomic mass is 19.2. The molecule has 6 nitrogen and oxygen atoms in total. The number of carbonyl (C=O) groups is 1. The highest BCUT2D eigenvalue weighted by Crippen LogP contribution is 2.46. The van der Waals surface area contributed by atoms with Crippen LogP contribution >= 0.6 is 0 Å². The van der Waals surface area contributed by atoms with Gasteiger partial charge < -0.3 is 9.67 Å². The monoisotopic (exact) mass is 518 g/mol. The number of hydrogen-bond acceptors (Lipinski definition) is 4. The van der Waals surface area contributed by atoms with Gasteiger partial charge in [0.1, 0.15) is 0 Å². The number of halogens is 2. The topological polar surface area (TPSA) is 83.8 Å². The number of benzene rings is 2. The molecule has 0 atom stereocenters. The Morgan fingerprint density at radius 1 is 1.13 bits per heavy atom. The number of carbonyl (C=O) groups excluding carboxylic acids is 1. The zero-order valence-corrected chi connectivity index (χ0v) is 22.3. The minimum Gasteiger partial charge on any atom is -0.375 e. The summed E-state index contributed by atoms with van der Waals surface area (Å²) in [5, 5.41) is 26.1. The predicted octanol–water partition coefficient (Wildman–Crippen LogP) is 6.98. The summed E-state index contributed by atoms with van der Waals surface area (Å²) in [6, 6.07) is 9.88. The van der Waals surface area contributed by atoms with E-state index in [0.717, 1.165) is 33.6 Å². The molecule has 1 saturated carbocycles. The molecule has 198 valence electrons. The van der Waals surface area contributed by atoms with E-state index in [1.165, 1.54) is 10.7 Å². The SMILES string of the molecule is CC(C)c1c(C2CCC(O)(C#N)CC2)c2cc3c(cnn3C(=O)C(C)(C)C)cc2n1-c1ccc(F)c(F)c1. The second-order valence-corrected chi connectivity index (χ2v) is 11.8. The number of hydrogen-bond donors (Lipinski definition) is 1. The first-order valence-electron chi connectivity index (χ1n) is 13.0. The maximum Gasteiger partial charge on any atom is 0.252 e. The third kappa shape index (κ3) is 4.19. The van der Waals surface area contributed by atoms with E-state index in [1.54, 1.807) is 12.3 Å². The van der Waals surface area contributed by atoms with Gasteiger partial charge in [0.15, 0.2) is 17.2 Å². The molecule has 0 amide bonds. The fourth-order valence-corrected chi connectivity index (χ4v) is 5.73. The third-order valence-electron chi connectivity index (χ3n) is 7.70. The quantitative estimate of drug-likeness (QED) is 0.297. The summed E-state index contributed by atoms with van der Waals surface area (Å²) in [4.78, 5) is 13.2. The van der Waals surface area contributed by atoms with E-state index in [0.29, 0.717) is 36.9 Å².